The molecule has 2 aliphatic rings. The van der Waals surface area contributed by atoms with E-state index in [9.17, 15) is 9.90 Å². The van der Waals surface area contributed by atoms with E-state index in [1.165, 1.54) is 0 Å². The van der Waals surface area contributed by atoms with Crippen LogP contribution >= 0.6 is 0 Å². The smallest absolute Gasteiger partial charge is 0.338 e. The van der Waals surface area contributed by atoms with Gasteiger partial charge in [-0.1, -0.05) is 75.0 Å². The van der Waals surface area contributed by atoms with Gasteiger partial charge >= 0.3 is 5.97 Å². The van der Waals surface area contributed by atoms with Crippen molar-refractivity contribution >= 4 is 20.1 Å². The van der Waals surface area contributed by atoms with E-state index in [0.29, 0.717) is 18.6 Å². The van der Waals surface area contributed by atoms with Crippen molar-refractivity contribution in [1.29, 1.82) is 0 Å². The summed E-state index contributed by atoms with van der Waals surface area (Å²) >= 11 is 0. The number of carbonyl (C=O) groups is 1. The fourth-order valence-electron chi connectivity index (χ4n) is 5.37. The number of benzene rings is 1. The summed E-state index contributed by atoms with van der Waals surface area (Å²) < 4.78 is 18.3. The summed E-state index contributed by atoms with van der Waals surface area (Å²) in [6, 6.07) is 5.04. The van der Waals surface area contributed by atoms with E-state index in [1.54, 1.807) is 0 Å². The van der Waals surface area contributed by atoms with Gasteiger partial charge in [0.05, 0.1) is 30.5 Å². The van der Waals surface area contributed by atoms with E-state index in [0.717, 1.165) is 42.0 Å². The molecular formula is C31H48O5Si. The second-order valence-corrected chi connectivity index (χ2v) is 18.3. The highest BCUT2D eigenvalue weighted by molar-refractivity contribution is 6.76. The molecular weight excluding hydrogens is 480 g/mol. The van der Waals surface area contributed by atoms with Crippen LogP contribution in [-0.4, -0.2) is 49.9 Å². The highest BCUT2D eigenvalue weighted by Crippen LogP contribution is 2.35. The van der Waals surface area contributed by atoms with Crippen LogP contribution in [0.5, 0.6) is 0 Å². The monoisotopic (exact) mass is 528 g/mol. The van der Waals surface area contributed by atoms with Crippen molar-refractivity contribution in [3.8, 4) is 0 Å². The van der Waals surface area contributed by atoms with E-state index in [2.05, 4.69) is 44.8 Å². The van der Waals surface area contributed by atoms with Crippen molar-refractivity contribution in [2.24, 2.45) is 11.8 Å². The number of carbonyl (C=O) groups excluding carboxylic acids is 1. The molecule has 1 saturated heterocycles. The molecule has 3 rings (SSSR count). The molecule has 1 aromatic carbocycles. The summed E-state index contributed by atoms with van der Waals surface area (Å²) in [5.41, 5.74) is 3.57. The van der Waals surface area contributed by atoms with Gasteiger partial charge in [-0.2, -0.15) is 0 Å². The second kappa shape index (κ2) is 12.4. The number of aryl methyl sites for hydroxylation is 2. The Bertz CT molecular complexity index is 990. The number of aliphatic hydroxyl groups excluding tert-OH is 1. The van der Waals surface area contributed by atoms with Gasteiger partial charge in [0.1, 0.15) is 0 Å². The lowest BCUT2D eigenvalue weighted by atomic mass is 9.94. The normalized spacial score (nSPS) is 26.8. The largest absolute Gasteiger partial charge is 0.462 e. The Kier molecular flexibility index (Phi) is 10.0. The molecule has 0 radical (unpaired) electrons. The van der Waals surface area contributed by atoms with Crippen LogP contribution in [0.3, 0.4) is 0 Å². The zero-order valence-corrected chi connectivity index (χ0v) is 25.2. The van der Waals surface area contributed by atoms with Crippen LogP contribution in [0, 0.1) is 25.7 Å². The van der Waals surface area contributed by atoms with Gasteiger partial charge in [0.15, 0.2) is 5.79 Å². The van der Waals surface area contributed by atoms with Gasteiger partial charge in [-0.15, -0.1) is 0 Å². The zero-order valence-electron chi connectivity index (χ0n) is 24.2. The minimum atomic E-state index is -1.28. The van der Waals surface area contributed by atoms with Gasteiger partial charge in [-0.3, -0.25) is 0 Å². The molecule has 1 saturated carbocycles. The third-order valence-electron chi connectivity index (χ3n) is 7.40. The predicted octanol–water partition coefficient (Wildman–Crippen LogP) is 7.08. The van der Waals surface area contributed by atoms with Crippen molar-refractivity contribution in [1.82, 2.24) is 0 Å². The lowest BCUT2D eigenvalue weighted by Gasteiger charge is -2.21. The van der Waals surface area contributed by atoms with Crippen LogP contribution in [0.1, 0.15) is 73.5 Å². The third-order valence-corrected chi connectivity index (χ3v) is 9.10. The SMILES string of the molecule is Cc1cc(C)c(C(=O)OCC[Si](C)(C)C)c(/C=C/C[C@@H]2OC(C)(C)O[C@@H]2C(C)/C=C\C2CCCC2O)c1. The van der Waals surface area contributed by atoms with E-state index >= 15 is 0 Å². The summed E-state index contributed by atoms with van der Waals surface area (Å²) in [7, 11) is -1.28. The van der Waals surface area contributed by atoms with Gasteiger partial charge in [0, 0.05) is 19.9 Å². The third kappa shape index (κ3) is 8.64. The summed E-state index contributed by atoms with van der Waals surface area (Å²) in [4.78, 5) is 13.0. The summed E-state index contributed by atoms with van der Waals surface area (Å²) in [5, 5.41) is 10.2. The van der Waals surface area contributed by atoms with Gasteiger partial charge in [-0.05, 0) is 64.1 Å². The molecule has 5 nitrogen and oxygen atoms in total. The van der Waals surface area contributed by atoms with Gasteiger partial charge in [0.2, 0.25) is 0 Å². The van der Waals surface area contributed by atoms with E-state index in [1.807, 2.05) is 45.9 Å². The van der Waals surface area contributed by atoms with Gasteiger partial charge in [0.25, 0.3) is 0 Å². The molecule has 1 N–H and O–H groups in total. The fraction of sp³-hybridized carbons (Fsp3) is 0.645. The molecule has 1 aliphatic carbocycles. The maximum absolute atomic E-state index is 13.0. The molecule has 206 valence electrons. The summed E-state index contributed by atoms with van der Waals surface area (Å²) in [5.74, 6) is -0.498. The standard InChI is InChI=1S/C31H48O5Si/c1-21-19-23(3)28(30(33)34-17-18-37(6,7)8)25(20-21)12-10-14-27-29(36-31(4,5)35-27)22(2)15-16-24-11-9-13-26(24)32/h10,12,15-16,19-20,22,24,26-27,29,32H,9,11,13-14,17-18H2,1-8H3/b12-10+,16-15-/t22?,24?,26?,27-,29+/m0/s1. The van der Waals surface area contributed by atoms with E-state index < -0.39 is 13.9 Å². The molecule has 0 aromatic heterocycles. The van der Waals surface area contributed by atoms with Crippen LogP contribution in [0.15, 0.2) is 30.4 Å². The molecule has 3 unspecified atom stereocenters. The number of esters is 1. The zero-order chi connectivity index (χ0) is 27.4. The topological polar surface area (TPSA) is 65.0 Å². The first-order chi connectivity index (χ1) is 17.3. The molecule has 0 bridgehead atoms. The number of rotatable bonds is 10. The molecule has 2 fully saturated rings. The molecule has 1 aliphatic heterocycles. The number of ether oxygens (including phenoxy) is 3. The van der Waals surface area contributed by atoms with Crippen LogP contribution in [0.4, 0.5) is 0 Å². The van der Waals surface area contributed by atoms with Gasteiger partial charge in [-0.25, -0.2) is 4.79 Å². The Balaban J connectivity index is 1.71. The first-order valence-electron chi connectivity index (χ1n) is 13.9. The predicted molar refractivity (Wildman–Crippen MR) is 153 cm³/mol. The van der Waals surface area contributed by atoms with Crippen molar-refractivity contribution in [2.75, 3.05) is 6.61 Å². The summed E-state index contributed by atoms with van der Waals surface area (Å²) in [6.07, 6.45) is 11.7. The Labute approximate surface area is 225 Å². The summed E-state index contributed by atoms with van der Waals surface area (Å²) in [6.45, 7) is 17.4. The highest BCUT2D eigenvalue weighted by Gasteiger charge is 2.42. The van der Waals surface area contributed by atoms with Crippen LogP contribution in [0.2, 0.25) is 25.7 Å². The van der Waals surface area contributed by atoms with Gasteiger partial charge < -0.3 is 19.3 Å². The van der Waals surface area contributed by atoms with E-state index in [4.69, 9.17) is 14.2 Å². The van der Waals surface area contributed by atoms with Crippen LogP contribution < -0.4 is 0 Å². The molecule has 1 aromatic rings. The second-order valence-electron chi connectivity index (χ2n) is 12.7. The maximum Gasteiger partial charge on any atom is 0.338 e. The maximum atomic E-state index is 13.0. The minimum absolute atomic E-state index is 0.0836. The average molecular weight is 529 g/mol. The van der Waals surface area contributed by atoms with E-state index in [-0.39, 0.29) is 36.1 Å². The Morgan fingerprint density at radius 2 is 1.95 bits per heavy atom. The number of aliphatic hydroxyl groups is 1. The van der Waals surface area contributed by atoms with Crippen molar-refractivity contribution < 1.29 is 24.1 Å². The molecule has 0 amide bonds. The quantitative estimate of drug-likeness (QED) is 0.200. The molecule has 37 heavy (non-hydrogen) atoms. The van der Waals surface area contributed by atoms with Crippen molar-refractivity contribution in [2.45, 2.75) is 110 Å². The first-order valence-corrected chi connectivity index (χ1v) is 17.6. The molecule has 0 spiro atoms. The lowest BCUT2D eigenvalue weighted by molar-refractivity contribution is -0.148. The van der Waals surface area contributed by atoms with Crippen molar-refractivity contribution in [3.05, 3.63) is 52.6 Å². The highest BCUT2D eigenvalue weighted by atomic mass is 28.3. The molecule has 5 atom stereocenters. The molecule has 6 heteroatoms. The number of hydrogen-bond donors (Lipinski definition) is 1. The average Bonchev–Trinajstić information content (AvgIpc) is 3.32. The van der Waals surface area contributed by atoms with Crippen molar-refractivity contribution in [3.63, 3.8) is 0 Å². The lowest BCUT2D eigenvalue weighted by Crippen LogP contribution is -2.28. The fourth-order valence-corrected chi connectivity index (χ4v) is 6.09. The number of hydrogen-bond acceptors (Lipinski definition) is 5. The first kappa shape index (κ1) is 29.8. The Morgan fingerprint density at radius 3 is 2.59 bits per heavy atom. The molecule has 1 heterocycles. The van der Waals surface area contributed by atoms with Crippen LogP contribution in [-0.2, 0) is 14.2 Å². The Hall–Kier alpha value is -1.73. The Morgan fingerprint density at radius 1 is 1.22 bits per heavy atom. The minimum Gasteiger partial charge on any atom is -0.462 e. The van der Waals surface area contributed by atoms with Crippen LogP contribution in [0.25, 0.3) is 6.08 Å².